The first kappa shape index (κ1) is 14.9. The molecule has 2 rings (SSSR count). The molecule has 1 atom stereocenters. The molecule has 1 unspecified atom stereocenters. The lowest BCUT2D eigenvalue weighted by atomic mass is 10.1. The molecule has 1 heterocycles. The minimum Gasteiger partial charge on any atom is -0.372 e. The third-order valence-electron chi connectivity index (χ3n) is 3.21. The number of fused-ring (bicyclic) bond motifs is 1. The second kappa shape index (κ2) is 5.89. The lowest BCUT2D eigenvalue weighted by molar-refractivity contribution is -0.120. The Morgan fingerprint density at radius 2 is 2.05 bits per heavy atom. The van der Waals surface area contributed by atoms with Crippen LogP contribution in [0.5, 0.6) is 0 Å². The van der Waals surface area contributed by atoms with Crippen LogP contribution < -0.4 is 16.0 Å². The first-order valence-electron chi connectivity index (χ1n) is 6.29. The van der Waals surface area contributed by atoms with E-state index in [1.165, 1.54) is 4.90 Å². The van der Waals surface area contributed by atoms with Gasteiger partial charge in [-0.05, 0) is 18.6 Å². The van der Waals surface area contributed by atoms with E-state index in [4.69, 9.17) is 28.9 Å². The van der Waals surface area contributed by atoms with Crippen molar-refractivity contribution in [3.05, 3.63) is 22.2 Å². The molecule has 3 N–H and O–H groups in total. The van der Waals surface area contributed by atoms with Crippen molar-refractivity contribution in [2.75, 3.05) is 16.8 Å². The Labute approximate surface area is 127 Å². The van der Waals surface area contributed by atoms with Gasteiger partial charge in [-0.2, -0.15) is 0 Å². The number of halogens is 2. The van der Waals surface area contributed by atoms with E-state index in [0.29, 0.717) is 22.2 Å². The van der Waals surface area contributed by atoms with Gasteiger partial charge < -0.3 is 16.0 Å². The standard InChI is InChI=1S/C13H15Cl2N3O2/c1-2-9-13(20)18(4-3-12(16)19)11-6-8(15)7(14)5-10(11)17-9/h5-6,9,17H,2-4H2,1H3,(H2,16,19). The van der Waals surface area contributed by atoms with Crippen molar-refractivity contribution in [2.24, 2.45) is 5.73 Å². The molecule has 0 aromatic heterocycles. The summed E-state index contributed by atoms with van der Waals surface area (Å²) in [5.41, 5.74) is 6.51. The number of anilines is 2. The van der Waals surface area contributed by atoms with E-state index in [1.54, 1.807) is 12.1 Å². The highest BCUT2D eigenvalue weighted by Gasteiger charge is 2.31. The molecule has 0 radical (unpaired) electrons. The second-order valence-electron chi connectivity index (χ2n) is 4.59. The van der Waals surface area contributed by atoms with E-state index in [1.807, 2.05) is 6.92 Å². The molecule has 7 heteroatoms. The third kappa shape index (κ3) is 2.83. The monoisotopic (exact) mass is 315 g/mol. The van der Waals surface area contributed by atoms with Gasteiger partial charge in [0.2, 0.25) is 11.8 Å². The molecule has 108 valence electrons. The van der Waals surface area contributed by atoms with Crippen LogP contribution in [-0.4, -0.2) is 24.4 Å². The molecule has 5 nitrogen and oxygen atoms in total. The fourth-order valence-electron chi connectivity index (χ4n) is 2.16. The van der Waals surface area contributed by atoms with Gasteiger partial charge >= 0.3 is 0 Å². The van der Waals surface area contributed by atoms with Crippen LogP contribution in [-0.2, 0) is 9.59 Å². The van der Waals surface area contributed by atoms with Gasteiger partial charge in [0.05, 0.1) is 21.4 Å². The van der Waals surface area contributed by atoms with E-state index < -0.39 is 5.91 Å². The van der Waals surface area contributed by atoms with Crippen molar-refractivity contribution < 1.29 is 9.59 Å². The van der Waals surface area contributed by atoms with E-state index in [9.17, 15) is 9.59 Å². The average molecular weight is 316 g/mol. The molecule has 0 bridgehead atoms. The van der Waals surface area contributed by atoms with E-state index in [0.717, 1.165) is 5.69 Å². The molecule has 0 aliphatic carbocycles. The van der Waals surface area contributed by atoms with Gasteiger partial charge in [-0.25, -0.2) is 0 Å². The molecule has 2 amide bonds. The Kier molecular flexibility index (Phi) is 4.40. The Morgan fingerprint density at radius 1 is 1.40 bits per heavy atom. The Balaban J connectivity index is 2.41. The van der Waals surface area contributed by atoms with Crippen molar-refractivity contribution in [3.8, 4) is 0 Å². The van der Waals surface area contributed by atoms with Crippen LogP contribution in [0.4, 0.5) is 11.4 Å². The van der Waals surface area contributed by atoms with Crippen LogP contribution in [0, 0.1) is 0 Å². The number of nitrogens with one attached hydrogen (secondary N) is 1. The Hall–Kier alpha value is -1.46. The lowest BCUT2D eigenvalue weighted by Crippen LogP contribution is -2.47. The first-order valence-corrected chi connectivity index (χ1v) is 7.05. The minimum absolute atomic E-state index is 0.0976. The van der Waals surface area contributed by atoms with Crippen LogP contribution in [0.3, 0.4) is 0 Å². The zero-order chi connectivity index (χ0) is 14.9. The molecule has 0 saturated heterocycles. The highest BCUT2D eigenvalue weighted by Crippen LogP contribution is 2.38. The highest BCUT2D eigenvalue weighted by molar-refractivity contribution is 6.42. The lowest BCUT2D eigenvalue weighted by Gasteiger charge is -2.35. The van der Waals surface area contributed by atoms with Crippen LogP contribution >= 0.6 is 23.2 Å². The van der Waals surface area contributed by atoms with Crippen molar-refractivity contribution in [1.82, 2.24) is 0 Å². The number of primary amides is 1. The summed E-state index contributed by atoms with van der Waals surface area (Å²) in [6.07, 6.45) is 0.730. The number of amides is 2. The summed E-state index contributed by atoms with van der Waals surface area (Å²) < 4.78 is 0. The molecule has 1 aromatic rings. The SMILES string of the molecule is CCC1Nc2cc(Cl)c(Cl)cc2N(CCC(N)=O)C1=O. The third-order valence-corrected chi connectivity index (χ3v) is 3.94. The van der Waals surface area contributed by atoms with E-state index in [2.05, 4.69) is 5.32 Å². The largest absolute Gasteiger partial charge is 0.372 e. The Bertz CT molecular complexity index is 563. The van der Waals surface area contributed by atoms with Gasteiger partial charge in [-0.1, -0.05) is 30.1 Å². The van der Waals surface area contributed by atoms with E-state index in [-0.39, 0.29) is 24.9 Å². The van der Waals surface area contributed by atoms with Crippen LogP contribution in [0.25, 0.3) is 0 Å². The van der Waals surface area contributed by atoms with Gasteiger partial charge in [0, 0.05) is 13.0 Å². The molecule has 1 aliphatic heterocycles. The molecule has 1 aromatic carbocycles. The molecule has 1 aliphatic rings. The molecule has 0 saturated carbocycles. The first-order chi connectivity index (χ1) is 9.43. The number of benzene rings is 1. The molecular weight excluding hydrogens is 301 g/mol. The highest BCUT2D eigenvalue weighted by atomic mass is 35.5. The van der Waals surface area contributed by atoms with E-state index >= 15 is 0 Å². The zero-order valence-electron chi connectivity index (χ0n) is 11.0. The van der Waals surface area contributed by atoms with Crippen LogP contribution in [0.1, 0.15) is 19.8 Å². The molecular formula is C13H15Cl2N3O2. The molecule has 20 heavy (non-hydrogen) atoms. The predicted molar refractivity (Wildman–Crippen MR) is 80.3 cm³/mol. The quantitative estimate of drug-likeness (QED) is 0.895. The van der Waals surface area contributed by atoms with Gasteiger partial charge in [-0.3, -0.25) is 9.59 Å². The number of carbonyl (C=O) groups is 2. The minimum atomic E-state index is -0.453. The van der Waals surface area contributed by atoms with Crippen molar-refractivity contribution in [2.45, 2.75) is 25.8 Å². The summed E-state index contributed by atoms with van der Waals surface area (Å²) in [5, 5.41) is 3.91. The topological polar surface area (TPSA) is 75.4 Å². The zero-order valence-corrected chi connectivity index (χ0v) is 12.5. The Morgan fingerprint density at radius 3 is 2.65 bits per heavy atom. The summed E-state index contributed by atoms with van der Waals surface area (Å²) in [6.45, 7) is 2.14. The number of hydrogen-bond acceptors (Lipinski definition) is 3. The van der Waals surface area contributed by atoms with Crippen molar-refractivity contribution >= 4 is 46.4 Å². The number of nitrogens with two attached hydrogens (primary N) is 1. The summed E-state index contributed by atoms with van der Waals surface area (Å²) in [5.74, 6) is -0.550. The van der Waals surface area contributed by atoms with Gasteiger partial charge in [0.1, 0.15) is 6.04 Å². The fraction of sp³-hybridized carbons (Fsp3) is 0.385. The van der Waals surface area contributed by atoms with Gasteiger partial charge in [0.25, 0.3) is 0 Å². The maximum atomic E-state index is 12.4. The molecule has 0 fully saturated rings. The summed E-state index contributed by atoms with van der Waals surface area (Å²) in [6, 6.07) is 2.97. The summed E-state index contributed by atoms with van der Waals surface area (Å²) in [4.78, 5) is 24.9. The number of rotatable bonds is 4. The number of nitrogens with zero attached hydrogens (tertiary/aromatic N) is 1. The van der Waals surface area contributed by atoms with Crippen LogP contribution in [0.2, 0.25) is 10.0 Å². The second-order valence-corrected chi connectivity index (χ2v) is 5.41. The predicted octanol–water partition coefficient (Wildman–Crippen LogP) is 2.41. The van der Waals surface area contributed by atoms with Gasteiger partial charge in [0.15, 0.2) is 0 Å². The summed E-state index contributed by atoms with van der Waals surface area (Å²) in [7, 11) is 0. The fourth-order valence-corrected chi connectivity index (χ4v) is 2.48. The normalized spacial score (nSPS) is 17.6. The van der Waals surface area contributed by atoms with Crippen molar-refractivity contribution in [3.63, 3.8) is 0 Å². The number of carbonyl (C=O) groups excluding carboxylic acids is 2. The molecule has 0 spiro atoms. The van der Waals surface area contributed by atoms with Gasteiger partial charge in [-0.15, -0.1) is 0 Å². The van der Waals surface area contributed by atoms with Crippen LogP contribution in [0.15, 0.2) is 12.1 Å². The summed E-state index contributed by atoms with van der Waals surface area (Å²) >= 11 is 12.0. The number of hydrogen-bond donors (Lipinski definition) is 2. The average Bonchev–Trinajstić information content (AvgIpc) is 2.39. The smallest absolute Gasteiger partial charge is 0.249 e. The maximum absolute atomic E-state index is 12.4. The maximum Gasteiger partial charge on any atom is 0.249 e. The van der Waals surface area contributed by atoms with Crippen molar-refractivity contribution in [1.29, 1.82) is 0 Å².